The first-order valence-corrected chi connectivity index (χ1v) is 10.5. The molecule has 0 saturated heterocycles. The summed E-state index contributed by atoms with van der Waals surface area (Å²) in [7, 11) is 1.33. The molecule has 2 aromatic rings. The summed E-state index contributed by atoms with van der Waals surface area (Å²) < 4.78 is 0.867. The van der Waals surface area contributed by atoms with Crippen LogP contribution in [0.4, 0.5) is 10.5 Å². The number of aryl methyl sites for hydroxylation is 1. The number of anilines is 1. The van der Waals surface area contributed by atoms with Crippen LogP contribution in [0.25, 0.3) is 0 Å². The van der Waals surface area contributed by atoms with Gasteiger partial charge in [0.1, 0.15) is 12.1 Å². The molecule has 8 heteroatoms. The minimum Gasteiger partial charge on any atom is -0.465 e. The fourth-order valence-electron chi connectivity index (χ4n) is 3.43. The van der Waals surface area contributed by atoms with E-state index < -0.39 is 24.1 Å². The van der Waals surface area contributed by atoms with Gasteiger partial charge in [-0.2, -0.15) is 0 Å². The molecule has 1 aliphatic heterocycles. The number of benzene rings is 2. The number of halogens is 1. The van der Waals surface area contributed by atoms with Crippen molar-refractivity contribution < 1.29 is 19.5 Å². The van der Waals surface area contributed by atoms with Gasteiger partial charge in [0.25, 0.3) is 0 Å². The molecule has 2 atom stereocenters. The Labute approximate surface area is 183 Å². The van der Waals surface area contributed by atoms with Crippen LogP contribution in [0.1, 0.15) is 24.5 Å². The molecule has 0 aliphatic carbocycles. The van der Waals surface area contributed by atoms with Gasteiger partial charge >= 0.3 is 6.09 Å². The molecule has 0 radical (unpaired) electrons. The van der Waals surface area contributed by atoms with Crippen molar-refractivity contribution in [3.8, 4) is 0 Å². The topological polar surface area (TPSA) is 90.0 Å². The fraction of sp³-hybridized carbons (Fsp3) is 0.318. The predicted octanol–water partition coefficient (Wildman–Crippen LogP) is 3.41. The largest absolute Gasteiger partial charge is 0.465 e. The monoisotopic (exact) mass is 473 g/mol. The van der Waals surface area contributed by atoms with Gasteiger partial charge in [0.15, 0.2) is 0 Å². The molecule has 1 aliphatic rings. The van der Waals surface area contributed by atoms with Gasteiger partial charge in [-0.05, 0) is 43.0 Å². The van der Waals surface area contributed by atoms with Gasteiger partial charge in [0.05, 0.1) is 6.54 Å². The van der Waals surface area contributed by atoms with Gasteiger partial charge in [-0.1, -0.05) is 52.3 Å². The minimum atomic E-state index is -1.20. The third-order valence-corrected chi connectivity index (χ3v) is 5.86. The van der Waals surface area contributed by atoms with E-state index in [2.05, 4.69) is 21.2 Å². The molecule has 3 amide bonds. The first-order valence-electron chi connectivity index (χ1n) is 9.67. The standard InChI is InChI=1S/C22H24BrN3O4/c1-14(25(2)22(29)30)20(27)24-18-11-9-16-8-10-17(23)12-19(16)26(21(18)28)13-15-6-4-3-5-7-15/h3-8,10,12,14,18H,9,11,13H2,1-2H3,(H,24,27)(H,29,30)/t14-,18-/m0/s1. The van der Waals surface area contributed by atoms with E-state index in [9.17, 15) is 14.4 Å². The summed E-state index contributed by atoms with van der Waals surface area (Å²) in [5.74, 6) is -0.709. The van der Waals surface area contributed by atoms with Gasteiger partial charge in [0.2, 0.25) is 11.8 Å². The van der Waals surface area contributed by atoms with Crippen LogP contribution in [0.15, 0.2) is 53.0 Å². The quantitative estimate of drug-likeness (QED) is 0.695. The molecule has 0 aromatic heterocycles. The number of carboxylic acid groups (broad SMARTS) is 1. The lowest BCUT2D eigenvalue weighted by molar-refractivity contribution is -0.130. The van der Waals surface area contributed by atoms with Crippen molar-refractivity contribution in [3.63, 3.8) is 0 Å². The molecular weight excluding hydrogens is 450 g/mol. The molecule has 0 unspecified atom stereocenters. The Morgan fingerprint density at radius 1 is 1.27 bits per heavy atom. The van der Waals surface area contributed by atoms with Crippen molar-refractivity contribution >= 4 is 39.5 Å². The van der Waals surface area contributed by atoms with Crippen molar-refractivity contribution in [1.29, 1.82) is 0 Å². The number of likely N-dealkylation sites (N-methyl/N-ethyl adjacent to an activating group) is 1. The highest BCUT2D eigenvalue weighted by atomic mass is 79.9. The number of carbonyl (C=O) groups is 3. The number of hydrogen-bond acceptors (Lipinski definition) is 3. The van der Waals surface area contributed by atoms with Gasteiger partial charge in [-0.25, -0.2) is 4.79 Å². The lowest BCUT2D eigenvalue weighted by Crippen LogP contribution is -2.53. The molecule has 2 aromatic carbocycles. The van der Waals surface area contributed by atoms with Crippen molar-refractivity contribution in [2.24, 2.45) is 0 Å². The first-order chi connectivity index (χ1) is 14.3. The molecule has 0 saturated carbocycles. The van der Waals surface area contributed by atoms with Crippen LogP contribution in [0, 0.1) is 0 Å². The van der Waals surface area contributed by atoms with E-state index in [1.807, 2.05) is 48.5 Å². The highest BCUT2D eigenvalue weighted by Gasteiger charge is 2.33. The van der Waals surface area contributed by atoms with Crippen molar-refractivity contribution in [3.05, 3.63) is 64.1 Å². The van der Waals surface area contributed by atoms with Crippen LogP contribution in [0.5, 0.6) is 0 Å². The van der Waals surface area contributed by atoms with E-state index in [1.54, 1.807) is 4.90 Å². The van der Waals surface area contributed by atoms with Crippen molar-refractivity contribution in [1.82, 2.24) is 10.2 Å². The highest BCUT2D eigenvalue weighted by molar-refractivity contribution is 9.10. The van der Waals surface area contributed by atoms with Crippen molar-refractivity contribution in [2.45, 2.75) is 38.4 Å². The number of hydrogen-bond donors (Lipinski definition) is 2. The summed E-state index contributed by atoms with van der Waals surface area (Å²) in [6.45, 7) is 1.87. The molecule has 3 rings (SSSR count). The Morgan fingerprint density at radius 3 is 2.63 bits per heavy atom. The molecule has 1 heterocycles. The van der Waals surface area contributed by atoms with Crippen LogP contribution in [0.2, 0.25) is 0 Å². The van der Waals surface area contributed by atoms with Gasteiger partial charge in [0, 0.05) is 17.2 Å². The Morgan fingerprint density at radius 2 is 1.97 bits per heavy atom. The maximum Gasteiger partial charge on any atom is 0.407 e. The number of carbonyl (C=O) groups excluding carboxylic acids is 2. The number of fused-ring (bicyclic) bond motifs is 1. The van der Waals surface area contributed by atoms with E-state index in [-0.39, 0.29) is 5.91 Å². The van der Waals surface area contributed by atoms with E-state index in [1.165, 1.54) is 14.0 Å². The molecule has 2 N–H and O–H groups in total. The Bertz CT molecular complexity index is 951. The molecular formula is C22H24BrN3O4. The van der Waals surface area contributed by atoms with E-state index in [0.717, 1.165) is 26.2 Å². The summed E-state index contributed by atoms with van der Waals surface area (Å²) in [4.78, 5) is 39.8. The highest BCUT2D eigenvalue weighted by Crippen LogP contribution is 2.31. The van der Waals surface area contributed by atoms with E-state index in [0.29, 0.717) is 19.4 Å². The zero-order valence-corrected chi connectivity index (χ0v) is 18.4. The molecule has 0 bridgehead atoms. The maximum absolute atomic E-state index is 13.5. The average Bonchev–Trinajstić information content (AvgIpc) is 2.85. The first kappa shape index (κ1) is 21.8. The normalized spacial score (nSPS) is 17.0. The average molecular weight is 474 g/mol. The van der Waals surface area contributed by atoms with Gasteiger partial charge < -0.3 is 15.3 Å². The number of amides is 3. The van der Waals surface area contributed by atoms with Crippen molar-refractivity contribution in [2.75, 3.05) is 11.9 Å². The van der Waals surface area contributed by atoms with Gasteiger partial charge in [-0.3, -0.25) is 14.5 Å². The summed E-state index contributed by atoms with van der Waals surface area (Å²) in [5, 5.41) is 11.9. The predicted molar refractivity (Wildman–Crippen MR) is 117 cm³/mol. The molecule has 7 nitrogen and oxygen atoms in total. The lowest BCUT2D eigenvalue weighted by atomic mass is 10.1. The fourth-order valence-corrected chi connectivity index (χ4v) is 3.78. The molecule has 0 fully saturated rings. The van der Waals surface area contributed by atoms with Crippen LogP contribution >= 0.6 is 15.9 Å². The molecule has 30 heavy (non-hydrogen) atoms. The van der Waals surface area contributed by atoms with Crippen LogP contribution in [-0.4, -0.2) is 47.0 Å². The number of nitrogens with zero attached hydrogens (tertiary/aromatic N) is 2. The molecule has 0 spiro atoms. The summed E-state index contributed by atoms with van der Waals surface area (Å²) in [6.07, 6.45) is -0.144. The minimum absolute atomic E-state index is 0.214. The Kier molecular flexibility index (Phi) is 6.77. The van der Waals surface area contributed by atoms with Crippen LogP contribution < -0.4 is 10.2 Å². The second-order valence-corrected chi connectivity index (χ2v) is 8.27. The van der Waals surface area contributed by atoms with Crippen LogP contribution in [-0.2, 0) is 22.6 Å². The Balaban J connectivity index is 1.88. The summed E-state index contributed by atoms with van der Waals surface area (Å²) in [6, 6.07) is 13.9. The zero-order chi connectivity index (χ0) is 21.8. The second kappa shape index (κ2) is 9.30. The van der Waals surface area contributed by atoms with E-state index in [4.69, 9.17) is 5.11 Å². The van der Waals surface area contributed by atoms with Gasteiger partial charge in [-0.15, -0.1) is 0 Å². The third-order valence-electron chi connectivity index (χ3n) is 5.37. The summed E-state index contributed by atoms with van der Waals surface area (Å²) >= 11 is 3.48. The Hall–Kier alpha value is -2.87. The SMILES string of the molecule is C[C@@H](C(=O)N[C@H]1CCc2ccc(Br)cc2N(Cc2ccccc2)C1=O)N(C)C(=O)O. The third kappa shape index (κ3) is 4.81. The summed E-state index contributed by atoms with van der Waals surface area (Å²) in [5.41, 5.74) is 2.81. The molecule has 158 valence electrons. The van der Waals surface area contributed by atoms with Crippen LogP contribution in [0.3, 0.4) is 0 Å². The number of rotatable bonds is 5. The maximum atomic E-state index is 13.5. The number of nitrogens with one attached hydrogen (secondary N) is 1. The van der Waals surface area contributed by atoms with E-state index >= 15 is 0 Å². The smallest absolute Gasteiger partial charge is 0.407 e. The second-order valence-electron chi connectivity index (χ2n) is 7.35. The lowest BCUT2D eigenvalue weighted by Gasteiger charge is -2.28. The zero-order valence-electron chi connectivity index (χ0n) is 16.8.